The van der Waals surface area contributed by atoms with Crippen LogP contribution in [0.5, 0.6) is 0 Å². The summed E-state index contributed by atoms with van der Waals surface area (Å²) in [6, 6.07) is 0. The van der Waals surface area contributed by atoms with Crippen LogP contribution in [0.25, 0.3) is 0 Å². The molecule has 0 spiro atoms. The number of hydrogen-bond acceptors (Lipinski definition) is 9. The molecule has 0 saturated heterocycles. The summed E-state index contributed by atoms with van der Waals surface area (Å²) in [7, 11) is -4.60. The first-order chi connectivity index (χ1) is 23.2. The van der Waals surface area contributed by atoms with Crippen molar-refractivity contribution in [3.05, 3.63) is 12.2 Å². The molecule has 0 heterocycles. The lowest BCUT2D eigenvalue weighted by Crippen LogP contribution is -2.29. The van der Waals surface area contributed by atoms with Crippen molar-refractivity contribution in [1.29, 1.82) is 0 Å². The Morgan fingerprint density at radius 2 is 1.06 bits per heavy atom. The van der Waals surface area contributed by atoms with Gasteiger partial charge in [-0.2, -0.15) is 0 Å². The van der Waals surface area contributed by atoms with Gasteiger partial charge in [0.15, 0.2) is 6.10 Å². The van der Waals surface area contributed by atoms with Crippen molar-refractivity contribution in [3.8, 4) is 0 Å². The molecule has 48 heavy (non-hydrogen) atoms. The van der Waals surface area contributed by atoms with Gasteiger partial charge in [-0.1, -0.05) is 142 Å². The second kappa shape index (κ2) is 34.2. The largest absolute Gasteiger partial charge is 0.472 e. The first kappa shape index (κ1) is 46.7. The van der Waals surface area contributed by atoms with Crippen LogP contribution in [0.1, 0.15) is 174 Å². The van der Waals surface area contributed by atoms with Gasteiger partial charge in [0.05, 0.1) is 19.8 Å². The number of rotatable bonds is 36. The zero-order valence-electron chi connectivity index (χ0n) is 30.5. The molecule has 0 radical (unpaired) electrons. The zero-order valence-corrected chi connectivity index (χ0v) is 31.4. The van der Waals surface area contributed by atoms with Crippen molar-refractivity contribution in [3.63, 3.8) is 0 Å². The first-order valence-electron chi connectivity index (χ1n) is 19.1. The van der Waals surface area contributed by atoms with Gasteiger partial charge in [-0.05, 0) is 32.1 Å². The standard InChI is InChI=1S/C37H71O10P/c1-3-5-7-9-11-13-15-16-17-18-19-21-22-24-26-28-36(40)44-32-35(33-46-48(42,43)45-31-34(39)30-38)47-37(41)29-27-25-23-20-14-12-10-8-6-4-2/h8,10,34-35,38-39H,3-7,9,11-33H2,1-2H3,(H,42,43)/b10-8-. The van der Waals surface area contributed by atoms with Gasteiger partial charge in [-0.15, -0.1) is 0 Å². The van der Waals surface area contributed by atoms with Crippen LogP contribution in [0.3, 0.4) is 0 Å². The summed E-state index contributed by atoms with van der Waals surface area (Å²) in [5.41, 5.74) is 0. The van der Waals surface area contributed by atoms with E-state index in [1.807, 2.05) is 0 Å². The molecular formula is C37H71O10P. The number of aliphatic hydroxyl groups excluding tert-OH is 2. The Labute approximate surface area is 292 Å². The highest BCUT2D eigenvalue weighted by atomic mass is 31.2. The Bertz CT molecular complexity index is 822. The number of hydrogen-bond donors (Lipinski definition) is 3. The number of unbranched alkanes of at least 4 members (excludes halogenated alkanes) is 20. The maximum atomic E-state index is 12.5. The van der Waals surface area contributed by atoms with E-state index < -0.39 is 51.8 Å². The van der Waals surface area contributed by atoms with Crippen molar-refractivity contribution in [1.82, 2.24) is 0 Å². The monoisotopic (exact) mass is 706 g/mol. The lowest BCUT2D eigenvalue weighted by molar-refractivity contribution is -0.161. The second-order valence-electron chi connectivity index (χ2n) is 13.0. The Morgan fingerprint density at radius 1 is 0.604 bits per heavy atom. The number of aliphatic hydroxyl groups is 2. The minimum atomic E-state index is -4.60. The smallest absolute Gasteiger partial charge is 0.462 e. The minimum Gasteiger partial charge on any atom is -0.462 e. The van der Waals surface area contributed by atoms with Gasteiger partial charge in [0.1, 0.15) is 12.7 Å². The van der Waals surface area contributed by atoms with E-state index in [4.69, 9.17) is 19.1 Å². The summed E-state index contributed by atoms with van der Waals surface area (Å²) in [5.74, 6) is -0.932. The summed E-state index contributed by atoms with van der Waals surface area (Å²) >= 11 is 0. The van der Waals surface area contributed by atoms with Crippen LogP contribution in [-0.2, 0) is 32.7 Å². The van der Waals surface area contributed by atoms with Crippen LogP contribution < -0.4 is 0 Å². The number of phosphoric ester groups is 1. The lowest BCUT2D eigenvalue weighted by Gasteiger charge is -2.20. The minimum absolute atomic E-state index is 0.177. The molecule has 0 aliphatic rings. The van der Waals surface area contributed by atoms with E-state index in [2.05, 4.69) is 30.5 Å². The molecule has 11 heteroatoms. The molecule has 284 valence electrons. The summed E-state index contributed by atoms with van der Waals surface area (Å²) in [5, 5.41) is 18.2. The van der Waals surface area contributed by atoms with Crippen LogP contribution in [0.4, 0.5) is 0 Å². The third-order valence-electron chi connectivity index (χ3n) is 8.15. The van der Waals surface area contributed by atoms with Crippen LogP contribution in [0.15, 0.2) is 12.2 Å². The second-order valence-corrected chi connectivity index (χ2v) is 14.4. The average molecular weight is 707 g/mol. The quantitative estimate of drug-likeness (QED) is 0.0249. The molecule has 0 rings (SSSR count). The summed E-state index contributed by atoms with van der Waals surface area (Å²) in [6.07, 6.45) is 29.0. The van der Waals surface area contributed by atoms with Crippen molar-refractivity contribution in [2.24, 2.45) is 0 Å². The van der Waals surface area contributed by atoms with Crippen LogP contribution >= 0.6 is 7.82 Å². The molecule has 0 saturated carbocycles. The van der Waals surface area contributed by atoms with E-state index in [0.717, 1.165) is 64.2 Å². The van der Waals surface area contributed by atoms with Crippen molar-refractivity contribution in [2.75, 3.05) is 26.4 Å². The van der Waals surface area contributed by atoms with Gasteiger partial charge in [-0.25, -0.2) is 4.57 Å². The summed E-state index contributed by atoms with van der Waals surface area (Å²) in [4.78, 5) is 34.7. The number of carbonyl (C=O) groups is 2. The Kier molecular flexibility index (Phi) is 33.3. The highest BCUT2D eigenvalue weighted by Crippen LogP contribution is 2.43. The van der Waals surface area contributed by atoms with Crippen LogP contribution in [-0.4, -0.2) is 65.7 Å². The maximum Gasteiger partial charge on any atom is 0.472 e. The van der Waals surface area contributed by atoms with E-state index in [1.165, 1.54) is 70.6 Å². The SMILES string of the molecule is CCC/C=C\CCCCCCCC(=O)OC(COC(=O)CCCCCCCCCCCCCCCCC)COP(=O)(O)OCC(O)CO. The van der Waals surface area contributed by atoms with E-state index in [-0.39, 0.29) is 19.4 Å². The summed E-state index contributed by atoms with van der Waals surface area (Å²) in [6.45, 7) is 2.30. The Morgan fingerprint density at radius 3 is 1.58 bits per heavy atom. The van der Waals surface area contributed by atoms with E-state index in [9.17, 15) is 24.2 Å². The number of ether oxygens (including phenoxy) is 2. The summed E-state index contributed by atoms with van der Waals surface area (Å²) < 4.78 is 32.5. The molecule has 0 aromatic carbocycles. The van der Waals surface area contributed by atoms with Crippen LogP contribution in [0.2, 0.25) is 0 Å². The number of phosphoric acid groups is 1. The molecule has 3 atom stereocenters. The normalized spacial score (nSPS) is 14.2. The molecule has 3 N–H and O–H groups in total. The average Bonchev–Trinajstić information content (AvgIpc) is 3.07. The van der Waals surface area contributed by atoms with Gasteiger partial charge in [0, 0.05) is 12.8 Å². The fourth-order valence-electron chi connectivity index (χ4n) is 5.17. The molecule has 0 aromatic heterocycles. The number of allylic oxidation sites excluding steroid dienone is 2. The van der Waals surface area contributed by atoms with Gasteiger partial charge in [0.2, 0.25) is 0 Å². The topological polar surface area (TPSA) is 149 Å². The molecule has 10 nitrogen and oxygen atoms in total. The van der Waals surface area contributed by atoms with Crippen LogP contribution in [0, 0.1) is 0 Å². The van der Waals surface area contributed by atoms with Crippen molar-refractivity contribution < 1.29 is 47.8 Å². The number of carbonyl (C=O) groups excluding carboxylic acids is 2. The van der Waals surface area contributed by atoms with Gasteiger partial charge >= 0.3 is 19.8 Å². The van der Waals surface area contributed by atoms with Crippen molar-refractivity contribution >= 4 is 19.8 Å². The van der Waals surface area contributed by atoms with Gasteiger partial charge in [-0.3, -0.25) is 18.6 Å². The molecule has 0 amide bonds. The third-order valence-corrected chi connectivity index (χ3v) is 9.10. The number of esters is 2. The predicted octanol–water partition coefficient (Wildman–Crippen LogP) is 9.28. The Hall–Kier alpha value is -1.29. The predicted molar refractivity (Wildman–Crippen MR) is 192 cm³/mol. The van der Waals surface area contributed by atoms with Gasteiger partial charge in [0.25, 0.3) is 0 Å². The Balaban J connectivity index is 4.31. The molecular weight excluding hydrogens is 635 g/mol. The third kappa shape index (κ3) is 33.2. The van der Waals surface area contributed by atoms with E-state index in [1.54, 1.807) is 0 Å². The molecule has 0 aliphatic carbocycles. The van der Waals surface area contributed by atoms with Crippen molar-refractivity contribution in [2.45, 2.75) is 187 Å². The molecule has 0 aliphatic heterocycles. The molecule has 0 aromatic rings. The van der Waals surface area contributed by atoms with E-state index >= 15 is 0 Å². The fourth-order valence-corrected chi connectivity index (χ4v) is 5.96. The molecule has 0 bridgehead atoms. The maximum absolute atomic E-state index is 12.5. The zero-order chi connectivity index (χ0) is 35.6. The first-order valence-corrected chi connectivity index (χ1v) is 20.6. The molecule has 3 unspecified atom stereocenters. The highest BCUT2D eigenvalue weighted by molar-refractivity contribution is 7.47. The lowest BCUT2D eigenvalue weighted by atomic mass is 10.0. The fraction of sp³-hybridized carbons (Fsp3) is 0.892. The van der Waals surface area contributed by atoms with Gasteiger partial charge < -0.3 is 24.6 Å². The highest BCUT2D eigenvalue weighted by Gasteiger charge is 2.27. The molecule has 0 fully saturated rings. The van der Waals surface area contributed by atoms with E-state index in [0.29, 0.717) is 12.8 Å².